The Balaban J connectivity index is 1.37. The standard InChI is InChI=1S/C100H144O46S4/c101-77-29-33-81(105)127-41-13-5-21-49-139-93(113)73(69-85(109)131-45-17-1-9-37-123-77)147-65-25-53-143-97(117)89-90(98(118)144-54-26-66-148-74-70-86(110)132-46-18-2-10-38-124-78(102)30-34-82(106)128-42-14-6-22-50-140-94(74)114)136-62-58-122-60-64-138-92(100(120)146-56-28-68-150-76-72-88(112)134-48-20-4-12-40-126-80(104)32-36-84(108)130-44-16-8-24-52-142-96(76)116)91(137-63-59-121-57-61-135-89)99(119)145-55-27-67-149-75-71-87(111)133-47-19-3-11-39-125-79(103)31-35-83(107)129-43-15-7-23-51-141-95(75)115/h29-36,73-76,89-92H,1-28,37-72H2/b33-29-,34-30-,35-31-,36-32-/t73?,74?,75?,76?,89-,90-,91-,92-/m1/s1. The zero-order valence-corrected chi connectivity index (χ0v) is 88.2. The van der Waals surface area contributed by atoms with Crippen LogP contribution in [0, 0.1) is 0 Å². The Morgan fingerprint density at radius 3 is 0.520 bits per heavy atom. The van der Waals surface area contributed by atoms with Crippen LogP contribution in [0.15, 0.2) is 48.6 Å². The molecule has 0 N–H and O–H groups in total. The second kappa shape index (κ2) is 85.0. The molecule has 0 radical (unpaired) electrons. The number of thioether (sulfide) groups is 4. The highest BCUT2D eigenvalue weighted by Crippen LogP contribution is 2.27. The molecule has 0 amide bonds. The van der Waals surface area contributed by atoms with Gasteiger partial charge in [0.25, 0.3) is 0 Å². The number of rotatable bonds is 24. The molecule has 0 aliphatic carbocycles. The summed E-state index contributed by atoms with van der Waals surface area (Å²) in [4.78, 5) is 263. The van der Waals surface area contributed by atoms with Crippen molar-refractivity contribution in [3.8, 4) is 0 Å². The number of ether oxygens (including phenoxy) is 26. The van der Waals surface area contributed by atoms with Crippen LogP contribution in [0.25, 0.3) is 0 Å². The molecule has 50 heteroatoms. The van der Waals surface area contributed by atoms with Crippen molar-refractivity contribution in [1.82, 2.24) is 0 Å². The molecule has 0 aromatic rings. The van der Waals surface area contributed by atoms with Crippen molar-refractivity contribution in [1.29, 1.82) is 0 Å². The van der Waals surface area contributed by atoms with Gasteiger partial charge in [0.05, 0.1) is 211 Å². The number of cyclic esters (lactones) is 16. The van der Waals surface area contributed by atoms with Crippen molar-refractivity contribution in [3.05, 3.63) is 48.6 Å². The summed E-state index contributed by atoms with van der Waals surface area (Å²) in [5.74, 6) is -16.0. The Morgan fingerprint density at radius 1 is 0.200 bits per heavy atom. The first-order chi connectivity index (χ1) is 72.8. The molecular formula is C100H144O46S4. The van der Waals surface area contributed by atoms with E-state index < -0.39 is 243 Å². The largest absolute Gasteiger partial charge is 0.466 e. The first-order valence-corrected chi connectivity index (χ1v) is 55.1. The Hall–Kier alpha value is -10.5. The van der Waals surface area contributed by atoms with Crippen LogP contribution in [0.2, 0.25) is 0 Å². The Kier molecular flexibility index (Phi) is 73.7. The highest BCUT2D eigenvalue weighted by molar-refractivity contribution is 8.01. The van der Waals surface area contributed by atoms with Gasteiger partial charge in [-0.2, -0.15) is 0 Å². The highest BCUT2D eigenvalue weighted by atomic mass is 32.2. The normalized spacial score (nSPS) is 24.5. The molecule has 46 nitrogen and oxygen atoms in total. The summed E-state index contributed by atoms with van der Waals surface area (Å²) in [5.41, 5.74) is 0. The van der Waals surface area contributed by atoms with Crippen molar-refractivity contribution in [2.75, 3.05) is 208 Å². The molecule has 844 valence electrons. The van der Waals surface area contributed by atoms with Gasteiger partial charge in [-0.05, 0) is 203 Å². The average Bonchev–Trinajstić information content (AvgIpc) is 0.858. The van der Waals surface area contributed by atoms with Gasteiger partial charge in [0.2, 0.25) is 0 Å². The fraction of sp³-hybridized carbons (Fsp3) is 0.720. The van der Waals surface area contributed by atoms with Crippen molar-refractivity contribution in [3.63, 3.8) is 0 Å². The lowest BCUT2D eigenvalue weighted by molar-refractivity contribution is -0.189. The molecule has 4 unspecified atom stereocenters. The molecule has 5 heterocycles. The molecule has 0 spiro atoms. The van der Waals surface area contributed by atoms with Crippen molar-refractivity contribution >= 4 is 166 Å². The lowest BCUT2D eigenvalue weighted by Gasteiger charge is -2.26. The molecule has 0 aromatic heterocycles. The molecule has 5 aliphatic rings. The summed E-state index contributed by atoms with van der Waals surface area (Å²) in [6.07, 6.45) is 8.49. The van der Waals surface area contributed by atoms with E-state index in [0.717, 1.165) is 95.7 Å². The van der Waals surface area contributed by atoms with Crippen molar-refractivity contribution in [2.45, 2.75) is 251 Å². The topological polar surface area (TPSA) is 581 Å². The predicted octanol–water partition coefficient (Wildman–Crippen LogP) is 7.61. The zero-order chi connectivity index (χ0) is 108. The van der Waals surface area contributed by atoms with Gasteiger partial charge in [0.1, 0.15) is 21.0 Å². The summed E-state index contributed by atoms with van der Waals surface area (Å²) in [5, 5.41) is -4.38. The van der Waals surface area contributed by atoms with Gasteiger partial charge in [-0.1, -0.05) is 0 Å². The Morgan fingerprint density at radius 2 is 0.353 bits per heavy atom. The fourth-order valence-corrected chi connectivity index (χ4v) is 17.4. The summed E-state index contributed by atoms with van der Waals surface area (Å²) in [7, 11) is 0. The van der Waals surface area contributed by atoms with Gasteiger partial charge in [-0.3, -0.25) is 38.4 Å². The van der Waals surface area contributed by atoms with E-state index in [4.69, 9.17) is 123 Å². The molecule has 8 atom stereocenters. The second-order valence-electron chi connectivity index (χ2n) is 33.4. The van der Waals surface area contributed by atoms with Crippen molar-refractivity contribution < 1.29 is 219 Å². The van der Waals surface area contributed by atoms with Crippen molar-refractivity contribution in [2.24, 2.45) is 0 Å². The summed E-state index contributed by atoms with van der Waals surface area (Å²) >= 11 is 4.07. The molecule has 0 bridgehead atoms. The van der Waals surface area contributed by atoms with Gasteiger partial charge in [0, 0.05) is 48.6 Å². The highest BCUT2D eigenvalue weighted by Gasteiger charge is 2.42. The monoisotopic (exact) mass is 2210 g/mol. The molecule has 0 saturated carbocycles. The van der Waals surface area contributed by atoms with Crippen LogP contribution in [0.3, 0.4) is 0 Å². The molecule has 1 fully saturated rings. The Labute approximate surface area is 888 Å². The third kappa shape index (κ3) is 65.7. The molecule has 1 saturated heterocycles. The zero-order valence-electron chi connectivity index (χ0n) is 84.9. The van der Waals surface area contributed by atoms with Gasteiger partial charge in [0.15, 0.2) is 24.4 Å². The predicted molar refractivity (Wildman–Crippen MR) is 529 cm³/mol. The maximum absolute atomic E-state index is 14.6. The second-order valence-corrected chi connectivity index (χ2v) is 38.7. The lowest BCUT2D eigenvalue weighted by Crippen LogP contribution is -2.47. The molecular weight excluding hydrogens is 2070 g/mol. The van der Waals surface area contributed by atoms with Crippen LogP contribution in [0.5, 0.6) is 0 Å². The van der Waals surface area contributed by atoms with E-state index in [-0.39, 0.29) is 181 Å². The first kappa shape index (κ1) is 130. The van der Waals surface area contributed by atoms with E-state index in [1.54, 1.807) is 0 Å². The minimum absolute atomic E-state index is 0.0153. The number of hydrogen-bond donors (Lipinski definition) is 0. The summed E-state index contributed by atoms with van der Waals surface area (Å²) in [6, 6.07) is 0. The van der Waals surface area contributed by atoms with E-state index in [9.17, 15) is 95.9 Å². The maximum atomic E-state index is 14.6. The van der Waals surface area contributed by atoms with Crippen LogP contribution >= 0.6 is 47.0 Å². The van der Waals surface area contributed by atoms with Crippen LogP contribution in [-0.4, -0.2) is 373 Å². The van der Waals surface area contributed by atoms with Crippen LogP contribution in [0.4, 0.5) is 0 Å². The van der Waals surface area contributed by atoms with E-state index >= 15 is 0 Å². The lowest BCUT2D eigenvalue weighted by atomic mass is 10.2. The van der Waals surface area contributed by atoms with Gasteiger partial charge < -0.3 is 123 Å². The van der Waals surface area contributed by atoms with E-state index in [2.05, 4.69) is 0 Å². The van der Waals surface area contributed by atoms with E-state index in [1.807, 2.05) is 0 Å². The minimum Gasteiger partial charge on any atom is -0.466 e. The van der Waals surface area contributed by atoms with E-state index in [1.165, 1.54) is 0 Å². The van der Waals surface area contributed by atoms with Gasteiger partial charge >= 0.3 is 119 Å². The SMILES string of the molecule is O=C1/C=C\C(=O)OCCCCCOC(=O)C(SCCCOC(=O)[C@@H]2OCCOCCO[C@@H](C(=O)OCCCSC3CC(=O)OCCCCCOC(=O)/C=C\C(=O)OCCCCCOC3=O)[C@H](C(=O)OCCCSC3CC(=O)OCCCCCOC(=O)/C=C\C(=O)OCCCCCOC3=O)OCCOCCO[C@H]2C(=O)OCCCSC2CC(=O)OCCCCCOC(=O)/C=C\C(=O)OCCCCCOC2=O)CC(=O)OCCCCCO1. The first-order valence-electron chi connectivity index (χ1n) is 51.0. The fourth-order valence-electron chi connectivity index (χ4n) is 13.3. The maximum Gasteiger partial charge on any atom is 0.338 e. The van der Waals surface area contributed by atoms with E-state index in [0.29, 0.717) is 154 Å². The Bertz CT molecular complexity index is 3680. The number of esters is 20. The van der Waals surface area contributed by atoms with Crippen LogP contribution < -0.4 is 0 Å². The summed E-state index contributed by atoms with van der Waals surface area (Å²) < 4.78 is 144. The summed E-state index contributed by atoms with van der Waals surface area (Å²) in [6.45, 7) is -5.21. The number of carbonyl (C=O) groups excluding carboxylic acids is 20. The molecule has 5 rings (SSSR count). The quantitative estimate of drug-likeness (QED) is 0.0509. The molecule has 150 heavy (non-hydrogen) atoms. The smallest absolute Gasteiger partial charge is 0.338 e. The third-order valence-electron chi connectivity index (χ3n) is 21.2. The number of hydrogen-bond acceptors (Lipinski definition) is 50. The van der Waals surface area contributed by atoms with Crippen LogP contribution in [-0.2, 0) is 219 Å². The molecule has 0 aromatic carbocycles. The van der Waals surface area contributed by atoms with Crippen LogP contribution in [0.1, 0.15) is 205 Å². The molecule has 5 aliphatic heterocycles. The third-order valence-corrected chi connectivity index (χ3v) is 26.3. The van der Waals surface area contributed by atoms with Gasteiger partial charge in [-0.15, -0.1) is 47.0 Å². The average molecular weight is 2210 g/mol. The number of carbonyl (C=O) groups is 20. The van der Waals surface area contributed by atoms with Gasteiger partial charge in [-0.25, -0.2) is 57.5 Å². The minimum atomic E-state index is -1.94.